The van der Waals surface area contributed by atoms with Crippen LogP contribution in [0, 0.1) is 0 Å². The van der Waals surface area contributed by atoms with Gasteiger partial charge in [0.25, 0.3) is 0 Å². The van der Waals surface area contributed by atoms with Gasteiger partial charge in [-0.3, -0.25) is 9.97 Å². The third-order valence-electron chi connectivity index (χ3n) is 2.97. The van der Waals surface area contributed by atoms with Gasteiger partial charge in [-0.15, -0.1) is 5.10 Å². The van der Waals surface area contributed by atoms with Crippen molar-refractivity contribution in [2.75, 3.05) is 0 Å². The van der Waals surface area contributed by atoms with Crippen molar-refractivity contribution in [1.82, 2.24) is 30.3 Å². The molecule has 1 N–H and O–H groups in total. The summed E-state index contributed by atoms with van der Waals surface area (Å²) >= 11 is 0. The van der Waals surface area contributed by atoms with E-state index in [1.54, 1.807) is 41.7 Å². The predicted octanol–water partition coefficient (Wildman–Crippen LogP) is 1.48. The van der Waals surface area contributed by atoms with E-state index in [-0.39, 0.29) is 13.2 Å². The summed E-state index contributed by atoms with van der Waals surface area (Å²) in [4.78, 5) is 19.5. The van der Waals surface area contributed by atoms with Crippen molar-refractivity contribution < 1.29 is 9.53 Å². The van der Waals surface area contributed by atoms with Crippen LogP contribution >= 0.6 is 0 Å². The van der Waals surface area contributed by atoms with E-state index in [1.807, 2.05) is 18.2 Å². The molecule has 0 radical (unpaired) electrons. The number of aromatic nitrogens is 5. The first-order valence-corrected chi connectivity index (χ1v) is 6.92. The molecule has 0 saturated heterocycles. The number of alkyl carbamates (subject to hydrolysis) is 1. The lowest BCUT2D eigenvalue weighted by atomic mass is 10.3. The second-order valence-corrected chi connectivity index (χ2v) is 4.65. The molecule has 0 fully saturated rings. The lowest BCUT2D eigenvalue weighted by Gasteiger charge is -2.05. The fraction of sp³-hybridized carbons (Fsp3) is 0.133. The van der Waals surface area contributed by atoms with Crippen molar-refractivity contribution in [2.24, 2.45) is 0 Å². The van der Waals surface area contributed by atoms with Crippen LogP contribution in [0.15, 0.2) is 55.2 Å². The number of nitrogens with one attached hydrogen (secondary N) is 1. The first-order chi connectivity index (χ1) is 11.3. The molecule has 0 aromatic carbocycles. The number of rotatable bonds is 5. The highest BCUT2D eigenvalue weighted by molar-refractivity contribution is 5.67. The molecule has 3 aromatic rings. The SMILES string of the molecule is O=C(NCc1cn(-c2ccncc2)nn1)OCc1cccnc1. The summed E-state index contributed by atoms with van der Waals surface area (Å²) in [5.74, 6) is 0. The number of ether oxygens (including phenoxy) is 1. The maximum atomic E-state index is 11.6. The third-order valence-corrected chi connectivity index (χ3v) is 2.97. The summed E-state index contributed by atoms with van der Waals surface area (Å²) < 4.78 is 6.70. The van der Waals surface area contributed by atoms with E-state index in [4.69, 9.17) is 4.74 Å². The van der Waals surface area contributed by atoms with Crippen LogP contribution in [0.4, 0.5) is 4.79 Å². The number of pyridine rings is 2. The zero-order valence-corrected chi connectivity index (χ0v) is 12.2. The number of carbonyl (C=O) groups is 1. The predicted molar refractivity (Wildman–Crippen MR) is 80.4 cm³/mol. The Hall–Kier alpha value is -3.29. The minimum Gasteiger partial charge on any atom is -0.445 e. The van der Waals surface area contributed by atoms with Crippen LogP contribution < -0.4 is 5.32 Å². The van der Waals surface area contributed by atoms with Gasteiger partial charge in [0.2, 0.25) is 0 Å². The van der Waals surface area contributed by atoms with Crippen LogP contribution in [0.1, 0.15) is 11.3 Å². The normalized spacial score (nSPS) is 10.3. The summed E-state index contributed by atoms with van der Waals surface area (Å²) in [6.07, 6.45) is 7.86. The highest BCUT2D eigenvalue weighted by Gasteiger charge is 2.06. The molecule has 0 spiro atoms. The van der Waals surface area contributed by atoms with Crippen LogP contribution in [0.5, 0.6) is 0 Å². The Morgan fingerprint density at radius 1 is 1.17 bits per heavy atom. The van der Waals surface area contributed by atoms with Gasteiger partial charge < -0.3 is 10.1 Å². The van der Waals surface area contributed by atoms with Gasteiger partial charge in [-0.2, -0.15) is 0 Å². The summed E-state index contributed by atoms with van der Waals surface area (Å²) in [5, 5.41) is 10.6. The molecule has 8 heteroatoms. The maximum absolute atomic E-state index is 11.6. The third kappa shape index (κ3) is 4.10. The second-order valence-electron chi connectivity index (χ2n) is 4.65. The molecule has 8 nitrogen and oxygen atoms in total. The van der Waals surface area contributed by atoms with Crippen LogP contribution in [-0.2, 0) is 17.9 Å². The molecule has 3 rings (SSSR count). The molecule has 0 aliphatic carbocycles. The van der Waals surface area contributed by atoms with E-state index in [0.29, 0.717) is 5.69 Å². The van der Waals surface area contributed by atoms with Gasteiger partial charge in [0.15, 0.2) is 0 Å². The Kier molecular flexibility index (Phi) is 4.53. The molecular weight excluding hydrogens is 296 g/mol. The molecule has 0 unspecified atom stereocenters. The van der Waals surface area contributed by atoms with E-state index in [0.717, 1.165) is 11.3 Å². The molecule has 0 aliphatic rings. The molecule has 0 bridgehead atoms. The Morgan fingerprint density at radius 3 is 2.83 bits per heavy atom. The van der Waals surface area contributed by atoms with E-state index < -0.39 is 6.09 Å². The monoisotopic (exact) mass is 310 g/mol. The molecule has 0 aliphatic heterocycles. The maximum Gasteiger partial charge on any atom is 0.407 e. The Bertz CT molecular complexity index is 760. The van der Waals surface area contributed by atoms with E-state index >= 15 is 0 Å². The minimum absolute atomic E-state index is 0.170. The lowest BCUT2D eigenvalue weighted by Crippen LogP contribution is -2.23. The van der Waals surface area contributed by atoms with Crippen LogP contribution in [0.25, 0.3) is 5.69 Å². The summed E-state index contributed by atoms with van der Waals surface area (Å²) in [6, 6.07) is 7.25. The summed E-state index contributed by atoms with van der Waals surface area (Å²) in [6.45, 7) is 0.403. The van der Waals surface area contributed by atoms with E-state index in [2.05, 4.69) is 25.6 Å². The van der Waals surface area contributed by atoms with Gasteiger partial charge in [0, 0.05) is 30.4 Å². The molecule has 0 atom stereocenters. The fourth-order valence-electron chi connectivity index (χ4n) is 1.85. The molecule has 23 heavy (non-hydrogen) atoms. The largest absolute Gasteiger partial charge is 0.445 e. The first kappa shape index (κ1) is 14.6. The quantitative estimate of drug-likeness (QED) is 0.767. The Balaban J connectivity index is 1.49. The molecule has 0 saturated carbocycles. The fourth-order valence-corrected chi connectivity index (χ4v) is 1.85. The number of amides is 1. The average Bonchev–Trinajstić information content (AvgIpc) is 3.09. The number of carbonyl (C=O) groups excluding carboxylic acids is 1. The zero-order chi connectivity index (χ0) is 15.9. The van der Waals surface area contributed by atoms with Gasteiger partial charge in [0.1, 0.15) is 12.3 Å². The van der Waals surface area contributed by atoms with Gasteiger partial charge >= 0.3 is 6.09 Å². The Morgan fingerprint density at radius 2 is 2.04 bits per heavy atom. The second kappa shape index (κ2) is 7.12. The van der Waals surface area contributed by atoms with Crippen molar-refractivity contribution in [3.05, 3.63) is 66.5 Å². The van der Waals surface area contributed by atoms with Crippen molar-refractivity contribution in [3.63, 3.8) is 0 Å². The zero-order valence-electron chi connectivity index (χ0n) is 12.2. The van der Waals surface area contributed by atoms with Crippen molar-refractivity contribution in [3.8, 4) is 5.69 Å². The van der Waals surface area contributed by atoms with E-state index in [1.165, 1.54) is 0 Å². The highest BCUT2D eigenvalue weighted by Crippen LogP contribution is 2.04. The van der Waals surface area contributed by atoms with Crippen molar-refractivity contribution in [1.29, 1.82) is 0 Å². The number of nitrogens with zero attached hydrogens (tertiary/aromatic N) is 5. The van der Waals surface area contributed by atoms with Crippen molar-refractivity contribution in [2.45, 2.75) is 13.2 Å². The van der Waals surface area contributed by atoms with E-state index in [9.17, 15) is 4.79 Å². The topological polar surface area (TPSA) is 94.8 Å². The first-order valence-electron chi connectivity index (χ1n) is 6.92. The number of hydrogen-bond donors (Lipinski definition) is 1. The van der Waals surface area contributed by atoms with Gasteiger partial charge in [-0.1, -0.05) is 11.3 Å². The standard InChI is InChI=1S/C15H14N6O2/c22-15(23-11-12-2-1-5-17-8-12)18-9-13-10-21(20-19-13)14-3-6-16-7-4-14/h1-8,10H,9,11H2,(H,18,22). The Labute approximate surface area is 132 Å². The lowest BCUT2D eigenvalue weighted by molar-refractivity contribution is 0.139. The number of hydrogen-bond acceptors (Lipinski definition) is 6. The summed E-state index contributed by atoms with van der Waals surface area (Å²) in [5.41, 5.74) is 2.30. The van der Waals surface area contributed by atoms with Gasteiger partial charge in [0.05, 0.1) is 18.4 Å². The van der Waals surface area contributed by atoms with Crippen molar-refractivity contribution >= 4 is 6.09 Å². The smallest absolute Gasteiger partial charge is 0.407 e. The van der Waals surface area contributed by atoms with Gasteiger partial charge in [-0.05, 0) is 18.2 Å². The highest BCUT2D eigenvalue weighted by atomic mass is 16.5. The molecule has 116 valence electrons. The molecular formula is C15H14N6O2. The molecule has 1 amide bonds. The van der Waals surface area contributed by atoms with Gasteiger partial charge in [-0.25, -0.2) is 9.48 Å². The summed E-state index contributed by atoms with van der Waals surface area (Å²) in [7, 11) is 0. The van der Waals surface area contributed by atoms with Crippen LogP contribution in [0.2, 0.25) is 0 Å². The van der Waals surface area contributed by atoms with Crippen LogP contribution in [0.3, 0.4) is 0 Å². The average molecular weight is 310 g/mol. The molecule has 3 heterocycles. The molecule has 3 aromatic heterocycles. The van der Waals surface area contributed by atoms with Crippen LogP contribution in [-0.4, -0.2) is 31.1 Å². The minimum atomic E-state index is -0.521.